The van der Waals surface area contributed by atoms with Crippen LogP contribution >= 0.6 is 0 Å². The van der Waals surface area contributed by atoms with E-state index in [4.69, 9.17) is 5.26 Å². The minimum Gasteiger partial charge on any atom is -0.333 e. The van der Waals surface area contributed by atoms with Gasteiger partial charge in [-0.3, -0.25) is 4.79 Å². The molecule has 124 valence electrons. The van der Waals surface area contributed by atoms with E-state index in [1.165, 1.54) is 0 Å². The number of amides is 1. The number of aromatic nitrogens is 4. The number of hydrogen-bond donors (Lipinski definition) is 0. The first-order chi connectivity index (χ1) is 11.5. The molecule has 0 radical (unpaired) electrons. The van der Waals surface area contributed by atoms with Gasteiger partial charge >= 0.3 is 0 Å². The number of carbonyl (C=O) groups excluding carboxylic acids is 1. The normalized spacial score (nSPS) is 20.4. The van der Waals surface area contributed by atoms with Gasteiger partial charge in [0, 0.05) is 19.3 Å². The Hall–Kier alpha value is -2.79. The predicted octanol–water partition coefficient (Wildman–Crippen LogP) is 0.481. The fourth-order valence-corrected chi connectivity index (χ4v) is 3.06. The molecule has 1 saturated heterocycles. The molecule has 2 aromatic rings. The van der Waals surface area contributed by atoms with Gasteiger partial charge in [0.15, 0.2) is 0 Å². The van der Waals surface area contributed by atoms with Gasteiger partial charge in [0.1, 0.15) is 11.8 Å². The number of nitriles is 1. The molecule has 1 aliphatic heterocycles. The number of carbonyl (C=O) groups is 1. The first-order valence-corrected chi connectivity index (χ1v) is 7.70. The monoisotopic (exact) mass is 325 g/mol. The number of likely N-dealkylation sites (tertiary alicyclic amines) is 1. The van der Waals surface area contributed by atoms with Gasteiger partial charge in [0.2, 0.25) is 0 Å². The number of aryl methyl sites for hydroxylation is 1. The largest absolute Gasteiger partial charge is 0.333 e. The Kier molecular flexibility index (Phi) is 4.27. The minimum absolute atomic E-state index is 0.0472. The van der Waals surface area contributed by atoms with Gasteiger partial charge in [-0.25, -0.2) is 9.67 Å². The Labute approximate surface area is 140 Å². The maximum absolute atomic E-state index is 12.8. The summed E-state index contributed by atoms with van der Waals surface area (Å²) in [4.78, 5) is 21.0. The van der Waals surface area contributed by atoms with Crippen molar-refractivity contribution in [1.82, 2.24) is 29.8 Å². The number of rotatable bonds is 3. The summed E-state index contributed by atoms with van der Waals surface area (Å²) in [6.07, 6.45) is 3.46. The molecule has 24 heavy (non-hydrogen) atoms. The molecule has 0 unspecified atom stereocenters. The highest BCUT2D eigenvalue weighted by molar-refractivity contribution is 5.92. The number of nitrogens with zero attached hydrogens (tertiary/aromatic N) is 7. The van der Waals surface area contributed by atoms with Gasteiger partial charge in [-0.1, -0.05) is 5.21 Å². The van der Waals surface area contributed by atoms with Crippen LogP contribution in [-0.2, 0) is 0 Å². The van der Waals surface area contributed by atoms with Crippen molar-refractivity contribution >= 4 is 5.91 Å². The molecule has 0 spiro atoms. The van der Waals surface area contributed by atoms with Crippen LogP contribution in [0.4, 0.5) is 0 Å². The van der Waals surface area contributed by atoms with Crippen LogP contribution in [0.25, 0.3) is 0 Å². The van der Waals surface area contributed by atoms with E-state index in [-0.39, 0.29) is 18.0 Å². The molecule has 2 aromatic heterocycles. The van der Waals surface area contributed by atoms with Crippen LogP contribution < -0.4 is 0 Å². The summed E-state index contributed by atoms with van der Waals surface area (Å²) in [5.74, 6) is -0.128. The van der Waals surface area contributed by atoms with E-state index in [1.54, 1.807) is 34.8 Å². The number of hydrogen-bond acceptors (Lipinski definition) is 6. The molecule has 1 amide bonds. The average molecular weight is 325 g/mol. The molecule has 0 aliphatic carbocycles. The molecular formula is C16H19N7O. The van der Waals surface area contributed by atoms with Crippen molar-refractivity contribution in [3.05, 3.63) is 41.5 Å². The van der Waals surface area contributed by atoms with Crippen molar-refractivity contribution in [2.24, 2.45) is 0 Å². The van der Waals surface area contributed by atoms with Gasteiger partial charge in [-0.05, 0) is 33.2 Å². The zero-order chi connectivity index (χ0) is 17.3. The summed E-state index contributed by atoms with van der Waals surface area (Å²) < 4.78 is 1.80. The van der Waals surface area contributed by atoms with Crippen molar-refractivity contribution in [3.8, 4) is 6.07 Å². The number of pyridine rings is 1. The zero-order valence-electron chi connectivity index (χ0n) is 13.9. The van der Waals surface area contributed by atoms with Crippen LogP contribution in [0.1, 0.15) is 27.8 Å². The van der Waals surface area contributed by atoms with Crippen molar-refractivity contribution in [2.75, 3.05) is 27.2 Å². The third kappa shape index (κ3) is 2.86. The lowest BCUT2D eigenvalue weighted by Crippen LogP contribution is -2.37. The molecule has 2 atom stereocenters. The average Bonchev–Trinajstić information content (AvgIpc) is 3.23. The predicted molar refractivity (Wildman–Crippen MR) is 86.1 cm³/mol. The molecule has 8 heteroatoms. The van der Waals surface area contributed by atoms with Gasteiger partial charge in [0.05, 0.1) is 29.5 Å². The molecule has 3 rings (SSSR count). The Morgan fingerprint density at radius 3 is 2.75 bits per heavy atom. The van der Waals surface area contributed by atoms with E-state index in [2.05, 4.69) is 26.3 Å². The molecule has 1 aliphatic rings. The second kappa shape index (κ2) is 6.37. The van der Waals surface area contributed by atoms with E-state index in [9.17, 15) is 4.79 Å². The molecule has 3 heterocycles. The lowest BCUT2D eigenvalue weighted by Gasteiger charge is -2.24. The first-order valence-electron chi connectivity index (χ1n) is 7.70. The third-order valence-corrected chi connectivity index (χ3v) is 4.42. The van der Waals surface area contributed by atoms with Crippen molar-refractivity contribution in [3.63, 3.8) is 0 Å². The van der Waals surface area contributed by atoms with Crippen LogP contribution in [0.5, 0.6) is 0 Å². The van der Waals surface area contributed by atoms with Gasteiger partial charge in [-0.2, -0.15) is 5.26 Å². The fraction of sp³-hybridized carbons (Fsp3) is 0.438. The van der Waals surface area contributed by atoms with E-state index >= 15 is 0 Å². The standard InChI is InChI=1S/C16H19N7O/c1-11-12(8-17)4-5-13(19-11)16(24)22-9-14(21(2)3)15(10-22)23-7-6-18-20-23/h4-7,14-15H,9-10H2,1-3H3/t14-,15+/m1/s1. The zero-order valence-corrected chi connectivity index (χ0v) is 13.9. The maximum atomic E-state index is 12.8. The molecule has 8 nitrogen and oxygen atoms in total. The van der Waals surface area contributed by atoms with Crippen LogP contribution in [-0.4, -0.2) is 68.9 Å². The Balaban J connectivity index is 1.84. The van der Waals surface area contributed by atoms with E-state index in [0.29, 0.717) is 30.0 Å². The SMILES string of the molecule is Cc1nc(C(=O)N2C[C@@H](N(C)C)[C@@H](n3ccnn3)C2)ccc1C#N. The molecule has 0 saturated carbocycles. The highest BCUT2D eigenvalue weighted by Gasteiger charge is 2.38. The van der Waals surface area contributed by atoms with E-state index in [1.807, 2.05) is 20.3 Å². The highest BCUT2D eigenvalue weighted by atomic mass is 16.2. The van der Waals surface area contributed by atoms with Crippen LogP contribution in [0.2, 0.25) is 0 Å². The Bertz CT molecular complexity index is 778. The molecule has 0 bridgehead atoms. The Morgan fingerprint density at radius 2 is 2.17 bits per heavy atom. The molecule has 0 aromatic carbocycles. The first kappa shape index (κ1) is 16.1. The quantitative estimate of drug-likeness (QED) is 0.815. The molecular weight excluding hydrogens is 306 g/mol. The minimum atomic E-state index is -0.128. The smallest absolute Gasteiger partial charge is 0.272 e. The lowest BCUT2D eigenvalue weighted by atomic mass is 10.1. The topological polar surface area (TPSA) is 90.9 Å². The summed E-state index contributed by atoms with van der Waals surface area (Å²) in [6, 6.07) is 5.52. The highest BCUT2D eigenvalue weighted by Crippen LogP contribution is 2.25. The summed E-state index contributed by atoms with van der Waals surface area (Å²) >= 11 is 0. The number of likely N-dealkylation sites (N-methyl/N-ethyl adjacent to an activating group) is 1. The summed E-state index contributed by atoms with van der Waals surface area (Å²) in [6.45, 7) is 2.88. The summed E-state index contributed by atoms with van der Waals surface area (Å²) in [7, 11) is 3.99. The van der Waals surface area contributed by atoms with Crippen LogP contribution in [0, 0.1) is 18.3 Å². The van der Waals surface area contributed by atoms with Crippen molar-refractivity contribution in [1.29, 1.82) is 5.26 Å². The second-order valence-corrected chi connectivity index (χ2v) is 6.13. The lowest BCUT2D eigenvalue weighted by molar-refractivity contribution is 0.0775. The van der Waals surface area contributed by atoms with Crippen LogP contribution in [0.15, 0.2) is 24.5 Å². The van der Waals surface area contributed by atoms with E-state index in [0.717, 1.165) is 0 Å². The van der Waals surface area contributed by atoms with Gasteiger partial charge < -0.3 is 9.80 Å². The fourth-order valence-electron chi connectivity index (χ4n) is 3.06. The molecule has 0 N–H and O–H groups in total. The molecule has 1 fully saturated rings. The van der Waals surface area contributed by atoms with Gasteiger partial charge in [-0.15, -0.1) is 5.10 Å². The van der Waals surface area contributed by atoms with E-state index < -0.39 is 0 Å². The van der Waals surface area contributed by atoms with Crippen LogP contribution in [0.3, 0.4) is 0 Å². The summed E-state index contributed by atoms with van der Waals surface area (Å²) in [5, 5.41) is 16.9. The summed E-state index contributed by atoms with van der Waals surface area (Å²) in [5.41, 5.74) is 1.42. The van der Waals surface area contributed by atoms with Crippen molar-refractivity contribution in [2.45, 2.75) is 19.0 Å². The van der Waals surface area contributed by atoms with Gasteiger partial charge in [0.25, 0.3) is 5.91 Å². The third-order valence-electron chi connectivity index (χ3n) is 4.42. The second-order valence-electron chi connectivity index (χ2n) is 6.13. The maximum Gasteiger partial charge on any atom is 0.272 e. The van der Waals surface area contributed by atoms with Crippen molar-refractivity contribution < 1.29 is 4.79 Å². The Morgan fingerprint density at radius 1 is 1.38 bits per heavy atom.